The number of carbonyl (C=O) groups excluding carboxylic acids is 1. The van der Waals surface area contributed by atoms with Crippen molar-refractivity contribution in [3.05, 3.63) is 59.1 Å². The van der Waals surface area contributed by atoms with Crippen LogP contribution in [0.3, 0.4) is 0 Å². The molecule has 1 saturated carbocycles. The Hall–Kier alpha value is -3.14. The summed E-state index contributed by atoms with van der Waals surface area (Å²) in [4.78, 5) is 22.6. The fraction of sp³-hybridized carbons (Fsp3) is 0.346. The number of hydrogen-bond donors (Lipinski definition) is 1. The zero-order chi connectivity index (χ0) is 26.1. The normalized spacial score (nSPS) is 20.3. The van der Waals surface area contributed by atoms with Crippen molar-refractivity contribution in [2.24, 2.45) is 11.8 Å². The summed E-state index contributed by atoms with van der Waals surface area (Å²) in [6.07, 6.45) is 3.65. The third-order valence-electron chi connectivity index (χ3n) is 6.73. The van der Waals surface area contributed by atoms with Gasteiger partial charge in [0.05, 0.1) is 27.9 Å². The number of anilines is 2. The first-order valence-electron chi connectivity index (χ1n) is 11.8. The number of aromatic nitrogens is 2. The fourth-order valence-corrected chi connectivity index (χ4v) is 5.16. The molecule has 2 unspecified atom stereocenters. The number of fused-ring (bicyclic) bond motifs is 3. The quantitative estimate of drug-likeness (QED) is 0.222. The number of methoxy groups -OCH3 is 1. The maximum absolute atomic E-state index is 14.7. The summed E-state index contributed by atoms with van der Waals surface area (Å²) in [5, 5.41) is 3.53. The first-order chi connectivity index (χ1) is 17.9. The molecule has 0 radical (unpaired) electrons. The van der Waals surface area contributed by atoms with Gasteiger partial charge in [0.15, 0.2) is 17.3 Å². The van der Waals surface area contributed by atoms with Gasteiger partial charge in [0.25, 0.3) is 0 Å². The molecule has 37 heavy (non-hydrogen) atoms. The standard InChI is InChI=1S/C26H25Cl2FN4O4/c1-3-22(34)33-11-14-8-15(12-33)25(14)37-21-9-16-19(10-20(21)36-7-6-35-2)30-13-31-26(16)32-18-5-4-17(27)23(28)24(18)29/h3-5,9-10,13-15,25H,1,6-8,11-12H2,2H3,(H,30,31,32). The minimum Gasteiger partial charge on any atom is -0.487 e. The Morgan fingerprint density at radius 2 is 2.00 bits per heavy atom. The van der Waals surface area contributed by atoms with Gasteiger partial charge in [-0.25, -0.2) is 14.4 Å². The predicted octanol–water partition coefficient (Wildman–Crippen LogP) is 5.26. The van der Waals surface area contributed by atoms with Crippen LogP contribution in [0.4, 0.5) is 15.9 Å². The Labute approximate surface area is 223 Å². The predicted molar refractivity (Wildman–Crippen MR) is 139 cm³/mol. The molecule has 2 aliphatic heterocycles. The summed E-state index contributed by atoms with van der Waals surface area (Å²) in [7, 11) is 1.60. The lowest BCUT2D eigenvalue weighted by Gasteiger charge is -2.52. The molecule has 2 aromatic carbocycles. The van der Waals surface area contributed by atoms with E-state index in [1.54, 1.807) is 19.2 Å². The SMILES string of the molecule is C=CC(=O)N1CC2CC(C1)C2Oc1cc2c(Nc3ccc(Cl)c(Cl)c3F)ncnc2cc1OCCOC. The van der Waals surface area contributed by atoms with Gasteiger partial charge in [0, 0.05) is 43.5 Å². The van der Waals surface area contributed by atoms with E-state index in [1.165, 1.54) is 24.5 Å². The first-order valence-corrected chi connectivity index (χ1v) is 12.5. The van der Waals surface area contributed by atoms with Crippen molar-refractivity contribution < 1.29 is 23.4 Å². The number of benzene rings is 2. The van der Waals surface area contributed by atoms with Gasteiger partial charge >= 0.3 is 0 Å². The van der Waals surface area contributed by atoms with E-state index in [0.29, 0.717) is 54.5 Å². The van der Waals surface area contributed by atoms with E-state index in [2.05, 4.69) is 21.9 Å². The van der Waals surface area contributed by atoms with Crippen LogP contribution in [0.2, 0.25) is 10.0 Å². The molecule has 194 valence electrons. The van der Waals surface area contributed by atoms with Gasteiger partial charge in [0.2, 0.25) is 5.91 Å². The second kappa shape index (κ2) is 10.7. The highest BCUT2D eigenvalue weighted by Gasteiger charge is 2.49. The minimum absolute atomic E-state index is 0.0650. The highest BCUT2D eigenvalue weighted by molar-refractivity contribution is 6.42. The number of ether oxygens (including phenoxy) is 3. The van der Waals surface area contributed by atoms with Crippen LogP contribution in [0.15, 0.2) is 43.2 Å². The van der Waals surface area contributed by atoms with E-state index >= 15 is 0 Å². The van der Waals surface area contributed by atoms with Crippen molar-refractivity contribution in [3.63, 3.8) is 0 Å². The monoisotopic (exact) mass is 546 g/mol. The minimum atomic E-state index is -0.683. The van der Waals surface area contributed by atoms with Crippen LogP contribution < -0.4 is 14.8 Å². The van der Waals surface area contributed by atoms with Gasteiger partial charge < -0.3 is 24.4 Å². The summed E-state index contributed by atoms with van der Waals surface area (Å²) in [5.74, 6) is 1.06. The van der Waals surface area contributed by atoms with E-state index in [4.69, 9.17) is 37.4 Å². The number of rotatable bonds is 9. The second-order valence-electron chi connectivity index (χ2n) is 9.01. The molecule has 1 N–H and O–H groups in total. The second-order valence-corrected chi connectivity index (χ2v) is 9.80. The van der Waals surface area contributed by atoms with Crippen LogP contribution >= 0.6 is 23.2 Å². The zero-order valence-electron chi connectivity index (χ0n) is 20.0. The fourth-order valence-electron chi connectivity index (χ4n) is 4.85. The van der Waals surface area contributed by atoms with E-state index in [-0.39, 0.29) is 39.6 Å². The molecule has 3 fully saturated rings. The van der Waals surface area contributed by atoms with Gasteiger partial charge in [-0.2, -0.15) is 0 Å². The van der Waals surface area contributed by atoms with Gasteiger partial charge in [-0.1, -0.05) is 29.8 Å². The highest BCUT2D eigenvalue weighted by atomic mass is 35.5. The highest BCUT2D eigenvalue weighted by Crippen LogP contribution is 2.45. The van der Waals surface area contributed by atoms with Gasteiger partial charge in [-0.15, -0.1) is 0 Å². The molecule has 3 aliphatic rings. The molecule has 2 atom stereocenters. The molecule has 8 nitrogen and oxygen atoms in total. The lowest BCUT2D eigenvalue weighted by molar-refractivity contribution is -0.142. The summed E-state index contributed by atoms with van der Waals surface area (Å²) in [6, 6.07) is 6.55. The van der Waals surface area contributed by atoms with Crippen LogP contribution in [0.1, 0.15) is 6.42 Å². The Morgan fingerprint density at radius 3 is 2.73 bits per heavy atom. The Kier molecular flexibility index (Phi) is 7.37. The molecule has 1 aliphatic carbocycles. The maximum Gasteiger partial charge on any atom is 0.245 e. The van der Waals surface area contributed by atoms with Crippen LogP contribution in [0.25, 0.3) is 10.9 Å². The maximum atomic E-state index is 14.7. The third-order valence-corrected chi connectivity index (χ3v) is 7.51. The van der Waals surface area contributed by atoms with Crippen LogP contribution in [-0.2, 0) is 9.53 Å². The molecule has 3 aromatic rings. The molecule has 2 bridgehead atoms. The smallest absolute Gasteiger partial charge is 0.245 e. The Balaban J connectivity index is 1.46. The first kappa shape index (κ1) is 25.5. The average Bonchev–Trinajstić information content (AvgIpc) is 2.91. The van der Waals surface area contributed by atoms with E-state index in [1.807, 2.05) is 4.90 Å². The zero-order valence-corrected chi connectivity index (χ0v) is 21.6. The van der Waals surface area contributed by atoms with Gasteiger partial charge in [0.1, 0.15) is 24.9 Å². The van der Waals surface area contributed by atoms with Gasteiger partial charge in [-0.05, 0) is 30.7 Å². The number of piperidine rings is 2. The summed E-state index contributed by atoms with van der Waals surface area (Å²) >= 11 is 11.9. The van der Waals surface area contributed by atoms with E-state index in [0.717, 1.165) is 6.42 Å². The summed E-state index contributed by atoms with van der Waals surface area (Å²) in [5.41, 5.74) is 0.701. The third kappa shape index (κ3) is 5.03. The van der Waals surface area contributed by atoms with Crippen molar-refractivity contribution in [2.45, 2.75) is 12.5 Å². The molecule has 1 aromatic heterocycles. The number of nitrogens with zero attached hydrogens (tertiary/aromatic N) is 3. The molecule has 2 saturated heterocycles. The topological polar surface area (TPSA) is 85.8 Å². The molecular weight excluding hydrogens is 522 g/mol. The number of amides is 1. The molecule has 1 amide bonds. The van der Waals surface area contributed by atoms with Crippen molar-refractivity contribution in [2.75, 3.05) is 38.7 Å². The van der Waals surface area contributed by atoms with Crippen LogP contribution in [-0.4, -0.2) is 60.3 Å². The lowest BCUT2D eigenvalue weighted by atomic mass is 9.68. The lowest BCUT2D eigenvalue weighted by Crippen LogP contribution is -2.61. The van der Waals surface area contributed by atoms with Crippen molar-refractivity contribution >= 4 is 51.5 Å². The number of nitrogens with one attached hydrogen (secondary N) is 1. The van der Waals surface area contributed by atoms with Crippen molar-refractivity contribution in [3.8, 4) is 11.5 Å². The molecule has 6 rings (SSSR count). The van der Waals surface area contributed by atoms with Crippen LogP contribution in [0.5, 0.6) is 11.5 Å². The van der Waals surface area contributed by atoms with Crippen molar-refractivity contribution in [1.82, 2.24) is 14.9 Å². The molecule has 11 heteroatoms. The molecule has 0 spiro atoms. The number of hydrogen-bond acceptors (Lipinski definition) is 7. The molecular formula is C26H25Cl2FN4O4. The number of carbonyl (C=O) groups is 1. The Bertz CT molecular complexity index is 1350. The molecule has 3 heterocycles. The van der Waals surface area contributed by atoms with Crippen LogP contribution in [0, 0.1) is 17.7 Å². The number of halogens is 3. The average molecular weight is 547 g/mol. The largest absolute Gasteiger partial charge is 0.487 e. The van der Waals surface area contributed by atoms with E-state index < -0.39 is 5.82 Å². The summed E-state index contributed by atoms with van der Waals surface area (Å²) < 4.78 is 32.3. The van der Waals surface area contributed by atoms with Crippen molar-refractivity contribution in [1.29, 1.82) is 0 Å². The summed E-state index contributed by atoms with van der Waals surface area (Å²) in [6.45, 7) is 5.54. The van der Waals surface area contributed by atoms with E-state index in [9.17, 15) is 9.18 Å². The Morgan fingerprint density at radius 1 is 1.22 bits per heavy atom. The van der Waals surface area contributed by atoms with Gasteiger partial charge in [-0.3, -0.25) is 4.79 Å².